The van der Waals surface area contributed by atoms with Gasteiger partial charge < -0.3 is 10.1 Å². The lowest BCUT2D eigenvalue weighted by atomic mass is 9.96. The number of methoxy groups -OCH3 is 1. The predicted molar refractivity (Wildman–Crippen MR) is 69.9 cm³/mol. The summed E-state index contributed by atoms with van der Waals surface area (Å²) in [6.45, 7) is 6.38. The minimum absolute atomic E-state index is 0.338. The van der Waals surface area contributed by atoms with Crippen LogP contribution in [0, 0.1) is 20.8 Å². The van der Waals surface area contributed by atoms with Crippen LogP contribution in [-0.4, -0.2) is 32.0 Å². The van der Waals surface area contributed by atoms with Crippen LogP contribution >= 0.6 is 0 Å². The lowest BCUT2D eigenvalue weighted by molar-refractivity contribution is -0.117. The first kappa shape index (κ1) is 14.4. The molecular formula is C14H19NO3. The number of ketones is 1. The zero-order chi connectivity index (χ0) is 13.7. The van der Waals surface area contributed by atoms with Crippen molar-refractivity contribution in [3.8, 4) is 0 Å². The van der Waals surface area contributed by atoms with Gasteiger partial charge in [0.25, 0.3) is 11.7 Å². The molecule has 0 saturated heterocycles. The molecule has 0 heterocycles. The fourth-order valence-corrected chi connectivity index (χ4v) is 2.00. The molecular weight excluding hydrogens is 230 g/mol. The van der Waals surface area contributed by atoms with Gasteiger partial charge in [-0.25, -0.2) is 0 Å². The number of Topliss-reactive ketones (excluding diaryl/α,β-unsaturated/α-hetero) is 1. The molecule has 0 unspecified atom stereocenters. The molecule has 1 aromatic rings. The summed E-state index contributed by atoms with van der Waals surface area (Å²) in [5.41, 5.74) is 3.25. The minimum Gasteiger partial charge on any atom is -0.383 e. The molecule has 0 aliphatic rings. The molecule has 1 rings (SSSR count). The Morgan fingerprint density at radius 3 is 2.22 bits per heavy atom. The Morgan fingerprint density at radius 2 is 1.72 bits per heavy atom. The highest BCUT2D eigenvalue weighted by Gasteiger charge is 2.19. The Kier molecular flexibility index (Phi) is 5.04. The summed E-state index contributed by atoms with van der Waals surface area (Å²) in [5, 5.41) is 2.54. The molecule has 4 nitrogen and oxygen atoms in total. The molecule has 0 spiro atoms. The highest BCUT2D eigenvalue weighted by atomic mass is 16.5. The van der Waals surface area contributed by atoms with Gasteiger partial charge in [-0.3, -0.25) is 9.59 Å². The van der Waals surface area contributed by atoms with E-state index in [1.54, 1.807) is 7.11 Å². The number of aryl methyl sites for hydroxylation is 3. The van der Waals surface area contributed by atoms with Gasteiger partial charge in [0, 0.05) is 19.2 Å². The molecule has 0 aromatic heterocycles. The highest BCUT2D eigenvalue weighted by Crippen LogP contribution is 2.16. The average Bonchev–Trinajstić information content (AvgIpc) is 2.27. The van der Waals surface area contributed by atoms with E-state index in [0.717, 1.165) is 16.7 Å². The predicted octanol–water partition coefficient (Wildman–Crippen LogP) is 1.56. The lowest BCUT2D eigenvalue weighted by Crippen LogP contribution is -2.34. The van der Waals surface area contributed by atoms with E-state index < -0.39 is 11.7 Å². The van der Waals surface area contributed by atoms with Crippen LogP contribution in [0.5, 0.6) is 0 Å². The van der Waals surface area contributed by atoms with Gasteiger partial charge in [0.05, 0.1) is 6.61 Å². The molecule has 1 amide bonds. The average molecular weight is 249 g/mol. The standard InChI is InChI=1S/C14H19NO3/c1-9-7-10(2)12(11(3)8-9)13(16)14(17)15-5-6-18-4/h7-8H,5-6H2,1-4H3,(H,15,17). The van der Waals surface area contributed by atoms with Crippen molar-refractivity contribution in [3.05, 3.63) is 34.4 Å². The first-order valence-corrected chi connectivity index (χ1v) is 5.86. The Hall–Kier alpha value is -1.68. The van der Waals surface area contributed by atoms with E-state index in [0.29, 0.717) is 18.7 Å². The third-order valence-electron chi connectivity index (χ3n) is 2.70. The van der Waals surface area contributed by atoms with E-state index in [1.807, 2.05) is 32.9 Å². The van der Waals surface area contributed by atoms with Gasteiger partial charge in [-0.15, -0.1) is 0 Å². The largest absolute Gasteiger partial charge is 0.383 e. The molecule has 0 fully saturated rings. The summed E-state index contributed by atoms with van der Waals surface area (Å²) in [4.78, 5) is 23.7. The lowest BCUT2D eigenvalue weighted by Gasteiger charge is -2.10. The van der Waals surface area contributed by atoms with Gasteiger partial charge in [0.15, 0.2) is 0 Å². The van der Waals surface area contributed by atoms with Crippen LogP contribution < -0.4 is 5.32 Å². The summed E-state index contributed by atoms with van der Waals surface area (Å²) >= 11 is 0. The second-order valence-electron chi connectivity index (χ2n) is 4.35. The van der Waals surface area contributed by atoms with Crippen molar-refractivity contribution >= 4 is 11.7 Å². The van der Waals surface area contributed by atoms with Crippen molar-refractivity contribution in [3.63, 3.8) is 0 Å². The van der Waals surface area contributed by atoms with Crippen LogP contribution in [0.25, 0.3) is 0 Å². The Morgan fingerprint density at radius 1 is 1.17 bits per heavy atom. The second-order valence-corrected chi connectivity index (χ2v) is 4.35. The molecule has 0 bridgehead atoms. The molecule has 1 aromatic carbocycles. The normalized spacial score (nSPS) is 10.2. The van der Waals surface area contributed by atoms with Gasteiger partial charge in [-0.2, -0.15) is 0 Å². The third-order valence-corrected chi connectivity index (χ3v) is 2.70. The Labute approximate surface area is 107 Å². The Bertz CT molecular complexity index is 443. The summed E-state index contributed by atoms with van der Waals surface area (Å²) in [6.07, 6.45) is 0. The molecule has 0 aliphatic carbocycles. The van der Waals surface area contributed by atoms with Gasteiger partial charge in [0.1, 0.15) is 0 Å². The van der Waals surface area contributed by atoms with Gasteiger partial charge >= 0.3 is 0 Å². The summed E-state index contributed by atoms with van der Waals surface area (Å²) < 4.78 is 4.81. The van der Waals surface area contributed by atoms with Crippen LogP contribution in [0.4, 0.5) is 0 Å². The van der Waals surface area contributed by atoms with Gasteiger partial charge in [0.2, 0.25) is 0 Å². The minimum atomic E-state index is -0.581. The highest BCUT2D eigenvalue weighted by molar-refractivity contribution is 6.43. The quantitative estimate of drug-likeness (QED) is 0.489. The van der Waals surface area contributed by atoms with Crippen LogP contribution in [0.2, 0.25) is 0 Å². The first-order valence-electron chi connectivity index (χ1n) is 5.86. The van der Waals surface area contributed by atoms with Crippen molar-refractivity contribution in [1.29, 1.82) is 0 Å². The Balaban J connectivity index is 2.87. The zero-order valence-corrected chi connectivity index (χ0v) is 11.3. The maximum Gasteiger partial charge on any atom is 0.292 e. The van der Waals surface area contributed by atoms with E-state index in [-0.39, 0.29) is 0 Å². The van der Waals surface area contributed by atoms with E-state index in [1.165, 1.54) is 0 Å². The molecule has 98 valence electrons. The molecule has 0 radical (unpaired) electrons. The van der Waals surface area contributed by atoms with Crippen LogP contribution in [0.15, 0.2) is 12.1 Å². The number of hydrogen-bond donors (Lipinski definition) is 1. The zero-order valence-electron chi connectivity index (χ0n) is 11.3. The van der Waals surface area contributed by atoms with E-state index in [9.17, 15) is 9.59 Å². The molecule has 0 aliphatic heterocycles. The van der Waals surface area contributed by atoms with Crippen LogP contribution in [0.1, 0.15) is 27.0 Å². The number of amides is 1. The topological polar surface area (TPSA) is 55.4 Å². The first-order chi connectivity index (χ1) is 8.47. The van der Waals surface area contributed by atoms with Crippen molar-refractivity contribution in [1.82, 2.24) is 5.32 Å². The van der Waals surface area contributed by atoms with E-state index in [2.05, 4.69) is 5.32 Å². The monoisotopic (exact) mass is 249 g/mol. The summed E-state index contributed by atoms with van der Waals surface area (Å²) in [6, 6.07) is 3.81. The van der Waals surface area contributed by atoms with Gasteiger partial charge in [-0.05, 0) is 31.9 Å². The smallest absolute Gasteiger partial charge is 0.292 e. The summed E-state index contributed by atoms with van der Waals surface area (Å²) in [5.74, 6) is -1.07. The number of carbonyl (C=O) groups is 2. The summed E-state index contributed by atoms with van der Waals surface area (Å²) in [7, 11) is 1.54. The van der Waals surface area contributed by atoms with Gasteiger partial charge in [-0.1, -0.05) is 17.7 Å². The second kappa shape index (κ2) is 6.31. The van der Waals surface area contributed by atoms with Crippen LogP contribution in [-0.2, 0) is 9.53 Å². The van der Waals surface area contributed by atoms with Crippen molar-refractivity contribution < 1.29 is 14.3 Å². The molecule has 18 heavy (non-hydrogen) atoms. The maximum atomic E-state index is 12.0. The number of ether oxygens (including phenoxy) is 1. The number of benzene rings is 1. The third kappa shape index (κ3) is 3.40. The number of carbonyl (C=O) groups excluding carboxylic acids is 2. The SMILES string of the molecule is COCCNC(=O)C(=O)c1c(C)cc(C)cc1C. The number of rotatable bonds is 5. The van der Waals surface area contributed by atoms with E-state index >= 15 is 0 Å². The van der Waals surface area contributed by atoms with Crippen LogP contribution in [0.3, 0.4) is 0 Å². The fourth-order valence-electron chi connectivity index (χ4n) is 2.00. The molecule has 1 N–H and O–H groups in total. The number of nitrogens with one attached hydrogen (secondary N) is 1. The van der Waals surface area contributed by atoms with E-state index in [4.69, 9.17) is 4.74 Å². The molecule has 4 heteroatoms. The van der Waals surface area contributed by atoms with Crippen molar-refractivity contribution in [2.24, 2.45) is 0 Å². The molecule has 0 atom stereocenters. The number of hydrogen-bond acceptors (Lipinski definition) is 3. The fraction of sp³-hybridized carbons (Fsp3) is 0.429. The molecule has 0 saturated carbocycles. The van der Waals surface area contributed by atoms with Crippen molar-refractivity contribution in [2.75, 3.05) is 20.3 Å². The van der Waals surface area contributed by atoms with Crippen molar-refractivity contribution in [2.45, 2.75) is 20.8 Å². The maximum absolute atomic E-state index is 12.0.